The van der Waals surface area contributed by atoms with E-state index in [9.17, 15) is 9.59 Å². The Hall–Kier alpha value is -0.943. The number of ether oxygens (including phenoxy) is 1. The maximum Gasteiger partial charge on any atom is 0.341 e. The quantitative estimate of drug-likeness (QED) is 0.449. The largest absolute Gasteiger partial charge is 0.465 e. The van der Waals surface area contributed by atoms with Crippen molar-refractivity contribution in [2.45, 2.75) is 51.4 Å². The Bertz CT molecular complexity index is 390. The van der Waals surface area contributed by atoms with Gasteiger partial charge in [0.25, 0.3) is 0 Å². The average molecular weight is 270 g/mol. The molecule has 0 unspecified atom stereocenters. The third-order valence-electron chi connectivity index (χ3n) is 3.74. The molecule has 0 N–H and O–H groups in total. The summed E-state index contributed by atoms with van der Waals surface area (Å²) in [5.41, 5.74) is 0.126. The SMILES string of the molecule is COC(=O)C1=CC[C@H](O[Si](C)(C)C(C)(C)C)C1=O. The van der Waals surface area contributed by atoms with Crippen LogP contribution in [0, 0.1) is 0 Å². The molecule has 1 rings (SSSR count). The van der Waals surface area contributed by atoms with Crippen molar-refractivity contribution in [1.29, 1.82) is 0 Å². The zero-order chi connectivity index (χ0) is 14.1. The summed E-state index contributed by atoms with van der Waals surface area (Å²) >= 11 is 0. The summed E-state index contributed by atoms with van der Waals surface area (Å²) < 4.78 is 10.6. The van der Waals surface area contributed by atoms with Crippen LogP contribution in [-0.4, -0.2) is 33.3 Å². The van der Waals surface area contributed by atoms with E-state index in [1.54, 1.807) is 6.08 Å². The first-order chi connectivity index (χ1) is 8.10. The monoisotopic (exact) mass is 270 g/mol. The highest BCUT2D eigenvalue weighted by atomic mass is 28.4. The van der Waals surface area contributed by atoms with Crippen molar-refractivity contribution in [3.63, 3.8) is 0 Å². The lowest BCUT2D eigenvalue weighted by Gasteiger charge is -2.38. The van der Waals surface area contributed by atoms with Crippen LogP contribution in [0.15, 0.2) is 11.6 Å². The number of rotatable bonds is 3. The van der Waals surface area contributed by atoms with Crippen LogP contribution in [0.5, 0.6) is 0 Å². The van der Waals surface area contributed by atoms with E-state index in [0.717, 1.165) is 0 Å². The molecule has 0 aromatic rings. The number of hydrogen-bond acceptors (Lipinski definition) is 4. The fourth-order valence-electron chi connectivity index (χ4n) is 1.53. The molecule has 1 atom stereocenters. The van der Waals surface area contributed by atoms with E-state index in [0.29, 0.717) is 6.42 Å². The van der Waals surface area contributed by atoms with E-state index in [1.807, 2.05) is 0 Å². The molecule has 0 aliphatic heterocycles. The first-order valence-electron chi connectivity index (χ1n) is 6.10. The smallest absolute Gasteiger partial charge is 0.341 e. The second-order valence-corrected chi connectivity index (χ2v) is 10.8. The van der Waals surface area contributed by atoms with Crippen LogP contribution in [0.4, 0.5) is 0 Å². The third kappa shape index (κ3) is 2.90. The van der Waals surface area contributed by atoms with Crippen LogP contribution < -0.4 is 0 Å². The van der Waals surface area contributed by atoms with Crippen LogP contribution in [0.2, 0.25) is 18.1 Å². The van der Waals surface area contributed by atoms with Crippen molar-refractivity contribution in [2.75, 3.05) is 7.11 Å². The van der Waals surface area contributed by atoms with Gasteiger partial charge in [0.15, 0.2) is 14.1 Å². The number of esters is 1. The minimum absolute atomic E-state index is 0.0430. The lowest BCUT2D eigenvalue weighted by molar-refractivity contribution is -0.138. The van der Waals surface area contributed by atoms with Gasteiger partial charge in [-0.1, -0.05) is 26.8 Å². The highest BCUT2D eigenvalue weighted by molar-refractivity contribution is 6.74. The van der Waals surface area contributed by atoms with Crippen molar-refractivity contribution < 1.29 is 18.8 Å². The molecule has 4 nitrogen and oxygen atoms in total. The first-order valence-corrected chi connectivity index (χ1v) is 9.01. The lowest BCUT2D eigenvalue weighted by atomic mass is 10.2. The van der Waals surface area contributed by atoms with Crippen molar-refractivity contribution in [3.05, 3.63) is 11.6 Å². The molecule has 0 saturated heterocycles. The van der Waals surface area contributed by atoms with E-state index >= 15 is 0 Å². The topological polar surface area (TPSA) is 52.6 Å². The number of Topliss-reactive ketones (excluding diaryl/α,β-unsaturated/α-hetero) is 1. The average Bonchev–Trinajstić information content (AvgIpc) is 2.57. The van der Waals surface area contributed by atoms with Crippen molar-refractivity contribution >= 4 is 20.1 Å². The number of hydrogen-bond donors (Lipinski definition) is 0. The van der Waals surface area contributed by atoms with Gasteiger partial charge in [0, 0.05) is 0 Å². The van der Waals surface area contributed by atoms with E-state index < -0.39 is 20.4 Å². The Morgan fingerprint density at radius 2 is 1.94 bits per heavy atom. The molecule has 1 aliphatic rings. The van der Waals surface area contributed by atoms with E-state index in [-0.39, 0.29) is 16.4 Å². The molecule has 1 aliphatic carbocycles. The minimum Gasteiger partial charge on any atom is -0.465 e. The Kier molecular flexibility index (Phi) is 4.18. The minimum atomic E-state index is -1.99. The maximum atomic E-state index is 12.0. The molecule has 0 aromatic carbocycles. The fourth-order valence-corrected chi connectivity index (χ4v) is 2.80. The molecular formula is C13H22O4Si. The predicted octanol–water partition coefficient (Wildman–Crippen LogP) is 2.45. The Balaban J connectivity index is 2.75. The molecule has 102 valence electrons. The van der Waals surface area contributed by atoms with Crippen molar-refractivity contribution in [3.8, 4) is 0 Å². The van der Waals surface area contributed by atoms with Crippen molar-refractivity contribution in [1.82, 2.24) is 0 Å². The molecule has 0 aromatic heterocycles. The number of carbonyl (C=O) groups excluding carboxylic acids is 2. The number of carbonyl (C=O) groups is 2. The van der Waals surface area contributed by atoms with Crippen LogP contribution in [0.3, 0.4) is 0 Å². The van der Waals surface area contributed by atoms with E-state index in [4.69, 9.17) is 4.43 Å². The summed E-state index contributed by atoms with van der Waals surface area (Å²) in [4.78, 5) is 23.4. The molecule has 0 saturated carbocycles. The van der Waals surface area contributed by atoms with Crippen LogP contribution in [0.25, 0.3) is 0 Å². The molecule has 18 heavy (non-hydrogen) atoms. The summed E-state index contributed by atoms with van der Waals surface area (Å²) in [5.74, 6) is -0.812. The van der Waals surface area contributed by atoms with Gasteiger partial charge in [0.1, 0.15) is 11.7 Å². The number of methoxy groups -OCH3 is 1. The summed E-state index contributed by atoms with van der Waals surface area (Å²) in [5, 5.41) is 0.0430. The van der Waals surface area contributed by atoms with Gasteiger partial charge in [0.05, 0.1) is 7.11 Å². The van der Waals surface area contributed by atoms with Crippen LogP contribution in [-0.2, 0) is 18.8 Å². The summed E-state index contributed by atoms with van der Waals surface area (Å²) in [7, 11) is -0.716. The van der Waals surface area contributed by atoms with Gasteiger partial charge >= 0.3 is 5.97 Å². The Morgan fingerprint density at radius 3 is 2.39 bits per heavy atom. The van der Waals surface area contributed by atoms with E-state index in [2.05, 4.69) is 38.6 Å². The zero-order valence-corrected chi connectivity index (χ0v) is 13.0. The summed E-state index contributed by atoms with van der Waals surface area (Å²) in [6.07, 6.45) is 1.57. The fraction of sp³-hybridized carbons (Fsp3) is 0.692. The molecule has 0 heterocycles. The van der Waals surface area contributed by atoms with Gasteiger partial charge in [-0.2, -0.15) is 0 Å². The molecule has 0 fully saturated rings. The van der Waals surface area contributed by atoms with Gasteiger partial charge in [-0.25, -0.2) is 4.79 Å². The van der Waals surface area contributed by atoms with Gasteiger partial charge in [-0.05, 0) is 24.6 Å². The standard InChI is InChI=1S/C13H22O4Si/c1-13(2,3)18(5,6)17-10-8-7-9(11(10)14)12(15)16-4/h7,10H,8H2,1-6H3/t10-/m0/s1. The van der Waals surface area contributed by atoms with Crippen molar-refractivity contribution in [2.24, 2.45) is 0 Å². The molecule has 0 amide bonds. The molecular weight excluding hydrogens is 248 g/mol. The molecule has 5 heteroatoms. The molecule has 0 bridgehead atoms. The van der Waals surface area contributed by atoms with Gasteiger partial charge < -0.3 is 9.16 Å². The van der Waals surface area contributed by atoms with Gasteiger partial charge in [-0.3, -0.25) is 4.79 Å². The van der Waals surface area contributed by atoms with Gasteiger partial charge in [0.2, 0.25) is 0 Å². The Morgan fingerprint density at radius 1 is 1.39 bits per heavy atom. The third-order valence-corrected chi connectivity index (χ3v) is 8.23. The van der Waals surface area contributed by atoms with Crippen LogP contribution >= 0.6 is 0 Å². The second kappa shape index (κ2) is 4.97. The lowest BCUT2D eigenvalue weighted by Crippen LogP contribution is -2.45. The molecule has 0 spiro atoms. The Labute approximate surface area is 109 Å². The highest BCUT2D eigenvalue weighted by Gasteiger charge is 2.43. The number of ketones is 1. The second-order valence-electron chi connectivity index (χ2n) is 6.08. The summed E-state index contributed by atoms with van der Waals surface area (Å²) in [6, 6.07) is 0. The summed E-state index contributed by atoms with van der Waals surface area (Å²) in [6.45, 7) is 10.5. The maximum absolute atomic E-state index is 12.0. The van der Waals surface area contributed by atoms with E-state index in [1.165, 1.54) is 7.11 Å². The first kappa shape index (κ1) is 15.1. The zero-order valence-electron chi connectivity index (χ0n) is 12.0. The van der Waals surface area contributed by atoms with Crippen LogP contribution in [0.1, 0.15) is 27.2 Å². The van der Waals surface area contributed by atoms with Gasteiger partial charge in [-0.15, -0.1) is 0 Å². The predicted molar refractivity (Wildman–Crippen MR) is 71.8 cm³/mol. The molecule has 0 radical (unpaired) electrons. The normalized spacial score (nSPS) is 20.9. The highest BCUT2D eigenvalue weighted by Crippen LogP contribution is 2.38.